The minimum atomic E-state index is -1.25. The highest BCUT2D eigenvalue weighted by atomic mass is 35.5. The van der Waals surface area contributed by atoms with E-state index in [-0.39, 0.29) is 0 Å². The molecule has 1 heterocycles. The van der Waals surface area contributed by atoms with Crippen LogP contribution < -0.4 is 4.74 Å². The number of hydrogen-bond donors (Lipinski definition) is 1. The van der Waals surface area contributed by atoms with Crippen molar-refractivity contribution in [2.75, 3.05) is 6.61 Å². The van der Waals surface area contributed by atoms with Crippen LogP contribution in [0.4, 0.5) is 0 Å². The lowest BCUT2D eigenvalue weighted by Gasteiger charge is -2.42. The van der Waals surface area contributed by atoms with E-state index in [1.54, 1.807) is 19.1 Å². The van der Waals surface area contributed by atoms with Gasteiger partial charge in [-0.2, -0.15) is 0 Å². The number of hydrogen-bond acceptors (Lipinski definition) is 7. The molecule has 1 aliphatic rings. The smallest absolute Gasteiger partial charge is 0.303 e. The lowest BCUT2D eigenvalue weighted by molar-refractivity contribution is -0.238. The summed E-state index contributed by atoms with van der Waals surface area (Å²) in [7, 11) is 0. The molecule has 1 saturated heterocycles. The van der Waals surface area contributed by atoms with Crippen LogP contribution in [-0.4, -0.2) is 48.1 Å². The van der Waals surface area contributed by atoms with E-state index in [1.165, 1.54) is 13.8 Å². The highest BCUT2D eigenvalue weighted by molar-refractivity contribution is 6.31. The van der Waals surface area contributed by atoms with E-state index in [0.717, 1.165) is 16.9 Å². The van der Waals surface area contributed by atoms with E-state index in [4.69, 9.17) is 30.5 Å². The summed E-state index contributed by atoms with van der Waals surface area (Å²) in [6, 6.07) is 13.2. The Hall–Kier alpha value is -2.61. The van der Waals surface area contributed by atoms with Crippen LogP contribution in [0.25, 0.3) is 0 Å². The van der Waals surface area contributed by atoms with Crippen LogP contribution in [0.2, 0.25) is 5.02 Å². The van der Waals surface area contributed by atoms with Gasteiger partial charge < -0.3 is 24.1 Å². The normalized spacial score (nSPS) is 24.7. The van der Waals surface area contributed by atoms with Crippen molar-refractivity contribution in [3.63, 3.8) is 0 Å². The maximum absolute atomic E-state index is 11.8. The van der Waals surface area contributed by atoms with Crippen molar-refractivity contribution in [2.24, 2.45) is 0 Å². The second-order valence-corrected chi connectivity index (χ2v) is 8.41. The molecule has 2 aromatic rings. The summed E-state index contributed by atoms with van der Waals surface area (Å²) >= 11 is 6.47. The summed E-state index contributed by atoms with van der Waals surface area (Å²) in [5, 5.41) is 11.5. The second kappa shape index (κ2) is 11.0. The quantitative estimate of drug-likeness (QED) is 0.603. The van der Waals surface area contributed by atoms with Gasteiger partial charge in [0.2, 0.25) is 0 Å². The van der Waals surface area contributed by atoms with Gasteiger partial charge in [0, 0.05) is 18.9 Å². The number of halogens is 1. The summed E-state index contributed by atoms with van der Waals surface area (Å²) in [6.45, 7) is 6.73. The summed E-state index contributed by atoms with van der Waals surface area (Å²) in [5.41, 5.74) is 2.59. The average Bonchev–Trinajstić information content (AvgIpc) is 2.76. The van der Waals surface area contributed by atoms with E-state index >= 15 is 0 Å². The first-order chi connectivity index (χ1) is 15.7. The Labute approximate surface area is 198 Å². The number of esters is 2. The minimum absolute atomic E-state index is 0.557. The van der Waals surface area contributed by atoms with Gasteiger partial charge in [-0.05, 0) is 55.2 Å². The largest absolute Gasteiger partial charge is 0.494 e. The third kappa shape index (κ3) is 6.25. The van der Waals surface area contributed by atoms with Gasteiger partial charge in [0.25, 0.3) is 0 Å². The van der Waals surface area contributed by atoms with Gasteiger partial charge in [0.05, 0.1) is 12.7 Å². The summed E-state index contributed by atoms with van der Waals surface area (Å²) in [5.74, 6) is -0.336. The zero-order valence-corrected chi connectivity index (χ0v) is 19.9. The van der Waals surface area contributed by atoms with Crippen LogP contribution >= 0.6 is 11.6 Å². The van der Waals surface area contributed by atoms with Gasteiger partial charge in [0.15, 0.2) is 12.2 Å². The Kier molecular flexibility index (Phi) is 8.35. The molecule has 1 aliphatic heterocycles. The lowest BCUT2D eigenvalue weighted by atomic mass is 9.90. The first kappa shape index (κ1) is 25.0. The Morgan fingerprint density at radius 1 is 1.03 bits per heavy atom. The Morgan fingerprint density at radius 3 is 2.27 bits per heavy atom. The molecule has 0 aromatic heterocycles. The predicted octanol–water partition coefficient (Wildman–Crippen LogP) is 4.01. The van der Waals surface area contributed by atoms with Gasteiger partial charge in [-0.1, -0.05) is 35.9 Å². The fraction of sp³-hybridized carbons (Fsp3) is 0.440. The van der Waals surface area contributed by atoms with E-state index in [2.05, 4.69) is 0 Å². The molecule has 0 radical (unpaired) electrons. The SMILES string of the molecule is CCOc1ccc(Cc2cc(C3OC(C)C(OC(C)=O)C(O)C3OC(C)=O)ccc2Cl)cc1. The Bertz CT molecular complexity index is 975. The standard InChI is InChI=1S/C25H29ClO7/c1-5-30-20-9-6-17(7-10-20)12-19-13-18(8-11-21(19)26)24-25(33-16(4)28)22(29)23(14(2)31-24)32-15(3)27/h6-11,13-14,22-25,29H,5,12H2,1-4H3. The van der Waals surface area contributed by atoms with Gasteiger partial charge >= 0.3 is 11.9 Å². The predicted molar refractivity (Wildman–Crippen MR) is 122 cm³/mol. The molecule has 1 fully saturated rings. The molecular weight excluding hydrogens is 448 g/mol. The van der Waals surface area contributed by atoms with Crippen LogP contribution in [0.15, 0.2) is 42.5 Å². The highest BCUT2D eigenvalue weighted by Crippen LogP contribution is 2.37. The fourth-order valence-corrected chi connectivity index (χ4v) is 4.16. The number of ether oxygens (including phenoxy) is 4. The molecule has 0 spiro atoms. The van der Waals surface area contributed by atoms with Crippen molar-refractivity contribution < 1.29 is 33.6 Å². The van der Waals surface area contributed by atoms with Crippen molar-refractivity contribution >= 4 is 23.5 Å². The molecule has 8 heteroatoms. The van der Waals surface area contributed by atoms with Crippen LogP contribution in [0.3, 0.4) is 0 Å². The zero-order valence-electron chi connectivity index (χ0n) is 19.1. The molecule has 0 amide bonds. The molecule has 3 rings (SSSR count). The number of aliphatic hydroxyl groups is 1. The van der Waals surface area contributed by atoms with E-state index in [0.29, 0.717) is 23.6 Å². The summed E-state index contributed by atoms with van der Waals surface area (Å²) < 4.78 is 22.2. The van der Waals surface area contributed by atoms with Crippen LogP contribution in [0, 0.1) is 0 Å². The molecule has 1 N–H and O–H groups in total. The van der Waals surface area contributed by atoms with E-state index in [9.17, 15) is 14.7 Å². The summed E-state index contributed by atoms with van der Waals surface area (Å²) in [4.78, 5) is 23.2. The topological polar surface area (TPSA) is 91.3 Å². The first-order valence-electron chi connectivity index (χ1n) is 10.9. The third-order valence-corrected chi connectivity index (χ3v) is 5.80. The van der Waals surface area contributed by atoms with Gasteiger partial charge in [-0.15, -0.1) is 0 Å². The molecule has 5 unspecified atom stereocenters. The van der Waals surface area contributed by atoms with Crippen molar-refractivity contribution in [3.05, 3.63) is 64.2 Å². The molecule has 33 heavy (non-hydrogen) atoms. The molecule has 0 aliphatic carbocycles. The van der Waals surface area contributed by atoms with Gasteiger partial charge in [-0.25, -0.2) is 0 Å². The Morgan fingerprint density at radius 2 is 1.67 bits per heavy atom. The van der Waals surface area contributed by atoms with Crippen molar-refractivity contribution in [2.45, 2.75) is 64.6 Å². The third-order valence-electron chi connectivity index (χ3n) is 5.43. The summed E-state index contributed by atoms with van der Waals surface area (Å²) in [6.07, 6.45) is -4.08. The first-order valence-corrected chi connectivity index (χ1v) is 11.3. The molecule has 178 valence electrons. The number of carbonyl (C=O) groups excluding carboxylic acids is 2. The number of rotatable bonds is 7. The van der Waals surface area contributed by atoms with Crippen LogP contribution in [-0.2, 0) is 30.2 Å². The minimum Gasteiger partial charge on any atom is -0.494 e. The molecule has 0 bridgehead atoms. The fourth-order valence-electron chi connectivity index (χ4n) is 3.98. The van der Waals surface area contributed by atoms with Crippen LogP contribution in [0.5, 0.6) is 5.75 Å². The number of benzene rings is 2. The van der Waals surface area contributed by atoms with E-state index in [1.807, 2.05) is 37.3 Å². The van der Waals surface area contributed by atoms with Gasteiger partial charge in [0.1, 0.15) is 18.0 Å². The van der Waals surface area contributed by atoms with Crippen LogP contribution in [0.1, 0.15) is 50.5 Å². The van der Waals surface area contributed by atoms with Crippen molar-refractivity contribution in [3.8, 4) is 5.75 Å². The number of carbonyl (C=O) groups is 2. The molecule has 2 aromatic carbocycles. The van der Waals surface area contributed by atoms with Crippen molar-refractivity contribution in [1.82, 2.24) is 0 Å². The molecular formula is C25H29ClO7. The average molecular weight is 477 g/mol. The maximum Gasteiger partial charge on any atom is 0.303 e. The zero-order chi connectivity index (χ0) is 24.1. The number of aliphatic hydroxyl groups excluding tert-OH is 1. The highest BCUT2D eigenvalue weighted by Gasteiger charge is 2.47. The second-order valence-electron chi connectivity index (χ2n) is 8.01. The Balaban J connectivity index is 1.88. The maximum atomic E-state index is 11.8. The van der Waals surface area contributed by atoms with Crippen molar-refractivity contribution in [1.29, 1.82) is 0 Å². The molecule has 7 nitrogen and oxygen atoms in total. The van der Waals surface area contributed by atoms with Gasteiger partial charge in [-0.3, -0.25) is 9.59 Å². The molecule has 5 atom stereocenters. The van der Waals surface area contributed by atoms with E-state index < -0.39 is 42.5 Å². The lowest BCUT2D eigenvalue weighted by Crippen LogP contribution is -2.56. The molecule has 0 saturated carbocycles. The monoisotopic (exact) mass is 476 g/mol.